The van der Waals surface area contributed by atoms with E-state index in [4.69, 9.17) is 16.6 Å². The Bertz CT molecular complexity index is 1840. The molecule has 0 bridgehead atoms. The van der Waals surface area contributed by atoms with E-state index in [1.165, 1.54) is 31.0 Å². The second-order valence-electron chi connectivity index (χ2n) is 12.2. The van der Waals surface area contributed by atoms with E-state index in [0.29, 0.717) is 56.4 Å². The number of halogens is 3. The van der Waals surface area contributed by atoms with Gasteiger partial charge in [-0.1, -0.05) is 23.7 Å². The summed E-state index contributed by atoms with van der Waals surface area (Å²) in [7, 11) is 1.91. The van der Waals surface area contributed by atoms with E-state index in [1.807, 2.05) is 36.2 Å². The molecule has 3 fully saturated rings. The van der Waals surface area contributed by atoms with Crippen molar-refractivity contribution in [2.45, 2.75) is 49.9 Å². The number of hydrogen-bond donors (Lipinski definition) is 2. The van der Waals surface area contributed by atoms with Crippen molar-refractivity contribution in [1.82, 2.24) is 20.2 Å². The molecule has 4 aliphatic rings. The maximum absolute atomic E-state index is 14.8. The molecule has 4 atom stereocenters. The number of nitrogens with zero attached hydrogens (tertiary/aromatic N) is 4. The van der Waals surface area contributed by atoms with Gasteiger partial charge in [-0.05, 0) is 80.1 Å². The molecule has 3 heterocycles. The van der Waals surface area contributed by atoms with E-state index in [2.05, 4.69) is 20.6 Å². The predicted molar refractivity (Wildman–Crippen MR) is 165 cm³/mol. The van der Waals surface area contributed by atoms with Crippen molar-refractivity contribution < 1.29 is 13.6 Å². The number of nitrogens with one attached hydrogen (secondary N) is 2. The van der Waals surface area contributed by atoms with Crippen LogP contribution in [0.5, 0.6) is 0 Å². The molecular formula is C34H29ClF2N6O. The second-order valence-corrected chi connectivity index (χ2v) is 12.7. The molecule has 7 nitrogen and oxygen atoms in total. The van der Waals surface area contributed by atoms with Crippen LogP contribution in [0.1, 0.15) is 52.7 Å². The fourth-order valence-corrected chi connectivity index (χ4v) is 7.49. The van der Waals surface area contributed by atoms with Gasteiger partial charge in [0.25, 0.3) is 5.91 Å². The van der Waals surface area contributed by atoms with Crippen molar-refractivity contribution in [3.63, 3.8) is 0 Å². The Morgan fingerprint density at radius 1 is 1.07 bits per heavy atom. The number of benzene rings is 3. The smallest absolute Gasteiger partial charge is 0.253 e. The van der Waals surface area contributed by atoms with Gasteiger partial charge in [-0.15, -0.1) is 0 Å². The summed E-state index contributed by atoms with van der Waals surface area (Å²) in [5.41, 5.74) is 4.13. The number of aliphatic imine (C=N–C) groups is 1. The minimum atomic E-state index is -0.707. The van der Waals surface area contributed by atoms with Gasteiger partial charge in [0.1, 0.15) is 11.6 Å². The lowest BCUT2D eigenvalue weighted by Gasteiger charge is -2.45. The third-order valence-corrected chi connectivity index (χ3v) is 10.1. The quantitative estimate of drug-likeness (QED) is 0.251. The summed E-state index contributed by atoms with van der Waals surface area (Å²) in [6.07, 6.45) is 6.28. The molecule has 2 aliphatic carbocycles. The monoisotopic (exact) mass is 610 g/mol. The first-order valence-corrected chi connectivity index (χ1v) is 15.3. The third kappa shape index (κ3) is 4.40. The van der Waals surface area contributed by atoms with Gasteiger partial charge in [0, 0.05) is 63.8 Å². The normalized spacial score (nSPS) is 24.4. The summed E-state index contributed by atoms with van der Waals surface area (Å²) in [5.74, 6) is -0.364. The number of anilines is 2. The van der Waals surface area contributed by atoms with Gasteiger partial charge >= 0.3 is 0 Å². The average molecular weight is 611 g/mol. The van der Waals surface area contributed by atoms with Gasteiger partial charge < -0.3 is 15.5 Å². The zero-order valence-electron chi connectivity index (χ0n) is 23.9. The standard InChI is InChI=1S/C34H29ClF2N6O/c1-43(23-13-20-11-12-34(20)28(15-23)42-34)32(44)18-5-8-22(9-6-18)40-33-39-17-19-16-38-31(29-26(36)3-2-4-27(29)37)25-14-21(35)7-10-24(25)30(19)41-33/h2-10,14,17,20,23,28,42H,11-13,15-16H2,1H3,(H,39,40,41). The molecule has 222 valence electrons. The zero-order chi connectivity index (χ0) is 30.2. The SMILES string of the molecule is CN(C(=O)c1ccc(Nc2ncc3c(n2)-c2ccc(Cl)cc2C(c2c(F)cccc2F)=NC3)cc1)C1CC2CCC23NC3C1. The van der Waals surface area contributed by atoms with Crippen molar-refractivity contribution in [2.24, 2.45) is 10.9 Å². The molecular weight excluding hydrogens is 582 g/mol. The van der Waals surface area contributed by atoms with Crippen molar-refractivity contribution in [1.29, 1.82) is 0 Å². The van der Waals surface area contributed by atoms with E-state index < -0.39 is 11.6 Å². The number of fused-ring (bicyclic) bond motifs is 3. The molecule has 1 spiro atoms. The lowest BCUT2D eigenvalue weighted by molar-refractivity contribution is 0.0582. The van der Waals surface area contributed by atoms with Crippen molar-refractivity contribution >= 4 is 34.9 Å². The lowest BCUT2D eigenvalue weighted by atomic mass is 9.63. The molecule has 2 N–H and O–H groups in total. The van der Waals surface area contributed by atoms with E-state index in [9.17, 15) is 13.6 Å². The molecule has 10 heteroatoms. The largest absolute Gasteiger partial charge is 0.339 e. The Morgan fingerprint density at radius 2 is 1.86 bits per heavy atom. The molecule has 4 aromatic rings. The molecule has 1 aromatic heterocycles. The van der Waals surface area contributed by atoms with Crippen molar-refractivity contribution in [3.8, 4) is 11.3 Å². The first kappa shape index (κ1) is 27.3. The Morgan fingerprint density at radius 3 is 2.59 bits per heavy atom. The molecule has 1 saturated heterocycles. The highest BCUT2D eigenvalue weighted by Gasteiger charge is 2.66. The van der Waals surface area contributed by atoms with E-state index in [-0.39, 0.29) is 29.8 Å². The van der Waals surface area contributed by atoms with Gasteiger partial charge in [0.15, 0.2) is 0 Å². The molecule has 3 aromatic carbocycles. The first-order valence-electron chi connectivity index (χ1n) is 14.9. The second kappa shape index (κ2) is 10.2. The summed E-state index contributed by atoms with van der Waals surface area (Å²) < 4.78 is 29.7. The van der Waals surface area contributed by atoms with Gasteiger partial charge in [0.05, 0.1) is 23.5 Å². The highest BCUT2D eigenvalue weighted by atomic mass is 35.5. The van der Waals surface area contributed by atoms with Crippen LogP contribution in [0.3, 0.4) is 0 Å². The Kier molecular flexibility index (Phi) is 6.32. The fourth-order valence-electron chi connectivity index (χ4n) is 7.32. The van der Waals surface area contributed by atoms with Crippen LogP contribution in [0.4, 0.5) is 20.4 Å². The van der Waals surface area contributed by atoms with E-state index in [0.717, 1.165) is 18.5 Å². The molecule has 1 amide bonds. The minimum Gasteiger partial charge on any atom is -0.339 e. The maximum Gasteiger partial charge on any atom is 0.253 e. The molecule has 4 unspecified atom stereocenters. The highest BCUT2D eigenvalue weighted by molar-refractivity contribution is 6.31. The van der Waals surface area contributed by atoms with Crippen molar-refractivity contribution in [3.05, 3.63) is 106 Å². The van der Waals surface area contributed by atoms with Crippen LogP contribution in [-0.4, -0.2) is 51.2 Å². The lowest BCUT2D eigenvalue weighted by Crippen LogP contribution is -2.50. The van der Waals surface area contributed by atoms with E-state index in [1.54, 1.807) is 24.4 Å². The van der Waals surface area contributed by atoms with Crippen LogP contribution < -0.4 is 10.6 Å². The Labute approximate surface area is 258 Å². The number of hydrogen-bond acceptors (Lipinski definition) is 6. The number of rotatable bonds is 5. The number of carbonyl (C=O) groups excluding carboxylic acids is 1. The third-order valence-electron chi connectivity index (χ3n) is 9.90. The maximum atomic E-state index is 14.8. The highest BCUT2D eigenvalue weighted by Crippen LogP contribution is 2.57. The Hall–Kier alpha value is -4.21. The van der Waals surface area contributed by atoms with Crippen LogP contribution in [0.2, 0.25) is 5.02 Å². The van der Waals surface area contributed by atoms with Gasteiger partial charge in [-0.3, -0.25) is 9.79 Å². The Balaban J connectivity index is 1.03. The van der Waals surface area contributed by atoms with Gasteiger partial charge in [-0.2, -0.15) is 0 Å². The first-order chi connectivity index (χ1) is 21.3. The number of amides is 1. The molecule has 2 saturated carbocycles. The molecule has 2 aliphatic heterocycles. The average Bonchev–Trinajstić information content (AvgIpc) is 3.79. The summed E-state index contributed by atoms with van der Waals surface area (Å²) >= 11 is 6.33. The summed E-state index contributed by atoms with van der Waals surface area (Å²) in [6, 6.07) is 17.0. The van der Waals surface area contributed by atoms with Crippen LogP contribution in [-0.2, 0) is 6.54 Å². The summed E-state index contributed by atoms with van der Waals surface area (Å²) in [6.45, 7) is 0.134. The van der Waals surface area contributed by atoms with Crippen LogP contribution in [0.25, 0.3) is 11.3 Å². The van der Waals surface area contributed by atoms with Crippen molar-refractivity contribution in [2.75, 3.05) is 12.4 Å². The molecule has 0 radical (unpaired) electrons. The summed E-state index contributed by atoms with van der Waals surface area (Å²) in [4.78, 5) is 29.1. The van der Waals surface area contributed by atoms with Crippen LogP contribution >= 0.6 is 11.6 Å². The fraction of sp³-hybridized carbons (Fsp3) is 0.294. The van der Waals surface area contributed by atoms with Crippen LogP contribution in [0, 0.1) is 17.6 Å². The predicted octanol–water partition coefficient (Wildman–Crippen LogP) is 6.52. The number of aromatic nitrogens is 2. The van der Waals surface area contributed by atoms with Gasteiger partial charge in [0.2, 0.25) is 5.95 Å². The molecule has 8 rings (SSSR count). The topological polar surface area (TPSA) is 92.4 Å². The number of carbonyl (C=O) groups is 1. The van der Waals surface area contributed by atoms with Crippen LogP contribution in [0.15, 0.2) is 71.9 Å². The summed E-state index contributed by atoms with van der Waals surface area (Å²) in [5, 5.41) is 7.32. The zero-order valence-corrected chi connectivity index (χ0v) is 24.7. The minimum absolute atomic E-state index is 0.0210. The van der Waals surface area contributed by atoms with E-state index >= 15 is 0 Å². The molecule has 44 heavy (non-hydrogen) atoms. The van der Waals surface area contributed by atoms with Gasteiger partial charge in [-0.25, -0.2) is 18.7 Å².